The molecule has 1 aliphatic heterocycles. The number of carbonyl (C=O) groups excluding carboxylic acids is 3. The molecule has 202 valence electrons. The third-order valence-corrected chi connectivity index (χ3v) is 6.43. The Morgan fingerprint density at radius 2 is 1.87 bits per heavy atom. The number of hydrogen-bond donors (Lipinski definition) is 3. The van der Waals surface area contributed by atoms with E-state index in [0.29, 0.717) is 37.1 Å². The molecular weight excluding hydrogens is 494 g/mol. The quantitative estimate of drug-likeness (QED) is 0.417. The van der Waals surface area contributed by atoms with Gasteiger partial charge in [-0.2, -0.15) is 5.10 Å². The minimum atomic E-state index is -0.898. The van der Waals surface area contributed by atoms with Crippen LogP contribution in [0.25, 0.3) is 10.9 Å². The minimum absolute atomic E-state index is 0.0111. The molecule has 0 saturated carbocycles. The summed E-state index contributed by atoms with van der Waals surface area (Å²) < 4.78 is 29.5. The van der Waals surface area contributed by atoms with E-state index in [1.165, 1.54) is 28.9 Å². The Hall–Kier alpha value is -3.86. The predicted octanol–water partition coefficient (Wildman–Crippen LogP) is 2.06. The number of para-hydroxylation sites is 1. The third-order valence-electron chi connectivity index (χ3n) is 6.43. The van der Waals surface area contributed by atoms with Crippen LogP contribution >= 0.6 is 0 Å². The van der Waals surface area contributed by atoms with Gasteiger partial charge in [-0.1, -0.05) is 45.0 Å². The molecule has 11 heteroatoms. The lowest BCUT2D eigenvalue weighted by atomic mass is 9.86. The highest BCUT2D eigenvalue weighted by Gasteiger charge is 2.34. The number of fused-ring (bicyclic) bond motifs is 1. The van der Waals surface area contributed by atoms with Crippen molar-refractivity contribution in [1.29, 1.82) is 0 Å². The van der Waals surface area contributed by atoms with E-state index in [2.05, 4.69) is 21.0 Å². The summed E-state index contributed by atoms with van der Waals surface area (Å²) in [6.45, 7) is 7.98. The first kappa shape index (κ1) is 27.2. The highest BCUT2D eigenvalue weighted by molar-refractivity contribution is 6.06. The average Bonchev–Trinajstić information content (AvgIpc) is 3.22. The van der Waals surface area contributed by atoms with Crippen LogP contribution in [-0.2, 0) is 16.1 Å². The topological polar surface area (TPSA) is 108 Å². The maximum absolute atomic E-state index is 14.8. The molecule has 1 fully saturated rings. The van der Waals surface area contributed by atoms with E-state index in [-0.39, 0.29) is 36.1 Å². The Labute approximate surface area is 219 Å². The maximum Gasteiger partial charge on any atom is 0.273 e. The molecule has 0 bridgehead atoms. The van der Waals surface area contributed by atoms with E-state index in [9.17, 15) is 23.2 Å². The number of nitrogens with one attached hydrogen (secondary N) is 3. The van der Waals surface area contributed by atoms with Crippen molar-refractivity contribution in [3.05, 3.63) is 65.4 Å². The fourth-order valence-electron chi connectivity index (χ4n) is 4.43. The van der Waals surface area contributed by atoms with Gasteiger partial charge < -0.3 is 16.0 Å². The van der Waals surface area contributed by atoms with Crippen LogP contribution in [0.3, 0.4) is 0 Å². The van der Waals surface area contributed by atoms with Crippen molar-refractivity contribution in [2.45, 2.75) is 33.4 Å². The summed E-state index contributed by atoms with van der Waals surface area (Å²) in [6, 6.07) is 9.22. The standard InChI is InChI=1S/C27H32F2N6O3/c1-27(2,3)24(26(38)31-12-14-34-13-11-30-21(36)16-34)32-25(37)22-19-5-4-6-20(29)23(19)35(33-22)15-17-7-9-18(28)10-8-17/h4-10,24H,11-16H2,1-3H3,(H,30,36)(H,31,38)(H,32,37)/t24-/m1/s1. The zero-order valence-electron chi connectivity index (χ0n) is 21.7. The van der Waals surface area contributed by atoms with E-state index in [4.69, 9.17) is 0 Å². The fraction of sp³-hybridized carbons (Fsp3) is 0.407. The summed E-state index contributed by atoms with van der Waals surface area (Å²) in [5.74, 6) is -1.97. The molecule has 2 heterocycles. The zero-order valence-corrected chi connectivity index (χ0v) is 21.7. The summed E-state index contributed by atoms with van der Waals surface area (Å²) in [6.07, 6.45) is 0. The van der Waals surface area contributed by atoms with Crippen molar-refractivity contribution >= 4 is 28.6 Å². The van der Waals surface area contributed by atoms with E-state index in [0.717, 1.165) is 0 Å². The largest absolute Gasteiger partial charge is 0.354 e. The van der Waals surface area contributed by atoms with Gasteiger partial charge in [-0.15, -0.1) is 0 Å². The first-order chi connectivity index (χ1) is 18.0. The number of rotatable bonds is 8. The van der Waals surface area contributed by atoms with Gasteiger partial charge in [0.2, 0.25) is 11.8 Å². The molecule has 9 nitrogen and oxygen atoms in total. The molecule has 4 rings (SSSR count). The van der Waals surface area contributed by atoms with E-state index < -0.39 is 29.0 Å². The number of hydrogen-bond acceptors (Lipinski definition) is 5. The van der Waals surface area contributed by atoms with Crippen LogP contribution in [0, 0.1) is 17.0 Å². The molecule has 38 heavy (non-hydrogen) atoms. The van der Waals surface area contributed by atoms with Gasteiger partial charge >= 0.3 is 0 Å². The predicted molar refractivity (Wildman–Crippen MR) is 138 cm³/mol. The lowest BCUT2D eigenvalue weighted by Crippen LogP contribution is -2.55. The SMILES string of the molecule is CC(C)(C)[C@H](NC(=O)c1nn(Cc2ccc(F)cc2)c2c(F)cccc12)C(=O)NCCN1CCNC(=O)C1. The first-order valence-electron chi connectivity index (χ1n) is 12.5. The van der Waals surface area contributed by atoms with Gasteiger partial charge in [-0.25, -0.2) is 8.78 Å². The second kappa shape index (κ2) is 11.3. The number of aromatic nitrogens is 2. The second-order valence-corrected chi connectivity index (χ2v) is 10.5. The van der Waals surface area contributed by atoms with Crippen LogP contribution in [0.1, 0.15) is 36.8 Å². The molecule has 1 aliphatic rings. The Bertz CT molecular complexity index is 1330. The average molecular weight is 527 g/mol. The van der Waals surface area contributed by atoms with Crippen LogP contribution in [0.4, 0.5) is 8.78 Å². The Kier molecular flexibility index (Phi) is 8.05. The van der Waals surface area contributed by atoms with Crippen molar-refractivity contribution in [1.82, 2.24) is 30.6 Å². The smallest absolute Gasteiger partial charge is 0.273 e. The molecule has 3 aromatic rings. The Morgan fingerprint density at radius 1 is 1.13 bits per heavy atom. The molecule has 1 aromatic heterocycles. The summed E-state index contributed by atoms with van der Waals surface area (Å²) in [5.41, 5.74) is 0.180. The lowest BCUT2D eigenvalue weighted by molar-refractivity contribution is -0.125. The van der Waals surface area contributed by atoms with Crippen molar-refractivity contribution in [3.8, 4) is 0 Å². The summed E-state index contributed by atoms with van der Waals surface area (Å²) in [4.78, 5) is 40.0. The van der Waals surface area contributed by atoms with Crippen molar-refractivity contribution in [2.75, 3.05) is 32.7 Å². The van der Waals surface area contributed by atoms with Crippen molar-refractivity contribution in [3.63, 3.8) is 0 Å². The van der Waals surface area contributed by atoms with Gasteiger partial charge in [0.05, 0.1) is 13.1 Å². The number of carbonyl (C=O) groups is 3. The van der Waals surface area contributed by atoms with E-state index >= 15 is 0 Å². The summed E-state index contributed by atoms with van der Waals surface area (Å²) >= 11 is 0. The van der Waals surface area contributed by atoms with Gasteiger partial charge in [0.1, 0.15) is 23.2 Å². The minimum Gasteiger partial charge on any atom is -0.354 e. The van der Waals surface area contributed by atoms with Crippen LogP contribution in [0.5, 0.6) is 0 Å². The Morgan fingerprint density at radius 3 is 2.55 bits per heavy atom. The molecule has 1 saturated heterocycles. The number of halogens is 2. The molecule has 2 aromatic carbocycles. The summed E-state index contributed by atoms with van der Waals surface area (Å²) in [5, 5.41) is 13.1. The van der Waals surface area contributed by atoms with E-state index in [1.807, 2.05) is 25.7 Å². The van der Waals surface area contributed by atoms with Crippen molar-refractivity contribution < 1.29 is 23.2 Å². The molecule has 0 radical (unpaired) electrons. The zero-order chi connectivity index (χ0) is 27.4. The first-order valence-corrected chi connectivity index (χ1v) is 12.5. The normalized spacial score (nSPS) is 15.2. The molecule has 1 atom stereocenters. The van der Waals surface area contributed by atoms with Crippen LogP contribution < -0.4 is 16.0 Å². The third kappa shape index (κ3) is 6.34. The van der Waals surface area contributed by atoms with Crippen molar-refractivity contribution in [2.24, 2.45) is 5.41 Å². The number of piperazine rings is 1. The van der Waals surface area contributed by atoms with Crippen LogP contribution in [-0.4, -0.2) is 71.2 Å². The number of amides is 3. The molecule has 0 spiro atoms. The molecule has 3 N–H and O–H groups in total. The monoisotopic (exact) mass is 526 g/mol. The van der Waals surface area contributed by atoms with Gasteiger partial charge in [0, 0.05) is 31.6 Å². The lowest BCUT2D eigenvalue weighted by Gasteiger charge is -2.31. The highest BCUT2D eigenvalue weighted by Crippen LogP contribution is 2.25. The number of nitrogens with zero attached hydrogens (tertiary/aromatic N) is 3. The Balaban J connectivity index is 1.51. The highest BCUT2D eigenvalue weighted by atomic mass is 19.1. The molecule has 0 unspecified atom stereocenters. The number of benzene rings is 2. The maximum atomic E-state index is 14.8. The van der Waals surface area contributed by atoms with Gasteiger partial charge in [0.25, 0.3) is 5.91 Å². The summed E-state index contributed by atoms with van der Waals surface area (Å²) in [7, 11) is 0. The molecule has 0 aliphatic carbocycles. The van der Waals surface area contributed by atoms with Crippen LogP contribution in [0.15, 0.2) is 42.5 Å². The van der Waals surface area contributed by atoms with Gasteiger partial charge in [0.15, 0.2) is 5.69 Å². The molecular formula is C27H32F2N6O3. The van der Waals surface area contributed by atoms with E-state index in [1.54, 1.807) is 18.2 Å². The molecule has 3 amide bonds. The van der Waals surface area contributed by atoms with Gasteiger partial charge in [-0.05, 0) is 29.2 Å². The van der Waals surface area contributed by atoms with Crippen LogP contribution in [0.2, 0.25) is 0 Å². The fourth-order valence-corrected chi connectivity index (χ4v) is 4.43. The second-order valence-electron chi connectivity index (χ2n) is 10.5. The van der Waals surface area contributed by atoms with Gasteiger partial charge in [-0.3, -0.25) is 24.0 Å².